The van der Waals surface area contributed by atoms with Crippen LogP contribution in [0.1, 0.15) is 5.56 Å². The first-order valence-corrected chi connectivity index (χ1v) is 6.02. The number of anilines is 3. The highest BCUT2D eigenvalue weighted by atomic mass is 16.5. The summed E-state index contributed by atoms with van der Waals surface area (Å²) in [6.07, 6.45) is 0. The van der Waals surface area contributed by atoms with E-state index in [0.717, 1.165) is 16.9 Å². The first kappa shape index (κ1) is 13.2. The standard InChI is InChI=1S/C15H18N2O2/c1-18-10-11-5-3-6-12(9-11)17-13-7-4-8-14(19-2)15(13)16/h3-9,17H,10,16H2,1-2H3. The monoisotopic (exact) mass is 258 g/mol. The van der Waals surface area contributed by atoms with Gasteiger partial charge in [0.05, 0.1) is 25.1 Å². The average molecular weight is 258 g/mol. The maximum Gasteiger partial charge on any atom is 0.143 e. The molecule has 4 heteroatoms. The summed E-state index contributed by atoms with van der Waals surface area (Å²) in [5.74, 6) is 0.665. The largest absolute Gasteiger partial charge is 0.495 e. The maximum atomic E-state index is 6.03. The third kappa shape index (κ3) is 3.17. The second kappa shape index (κ2) is 6.11. The molecule has 0 aliphatic heterocycles. The smallest absolute Gasteiger partial charge is 0.143 e. The maximum absolute atomic E-state index is 6.03. The second-order valence-electron chi connectivity index (χ2n) is 4.18. The van der Waals surface area contributed by atoms with Gasteiger partial charge < -0.3 is 20.5 Å². The molecule has 0 atom stereocenters. The molecule has 2 aromatic carbocycles. The van der Waals surface area contributed by atoms with Crippen molar-refractivity contribution in [1.82, 2.24) is 0 Å². The topological polar surface area (TPSA) is 56.5 Å². The van der Waals surface area contributed by atoms with Crippen LogP contribution in [0.15, 0.2) is 42.5 Å². The Morgan fingerprint density at radius 3 is 2.63 bits per heavy atom. The van der Waals surface area contributed by atoms with E-state index in [-0.39, 0.29) is 0 Å². The van der Waals surface area contributed by atoms with Crippen LogP contribution in [0.4, 0.5) is 17.1 Å². The van der Waals surface area contributed by atoms with Gasteiger partial charge in [0.2, 0.25) is 0 Å². The lowest BCUT2D eigenvalue weighted by molar-refractivity contribution is 0.185. The quantitative estimate of drug-likeness (QED) is 0.809. The first-order valence-electron chi connectivity index (χ1n) is 6.02. The van der Waals surface area contributed by atoms with Gasteiger partial charge in [0.15, 0.2) is 0 Å². The van der Waals surface area contributed by atoms with E-state index in [1.165, 1.54) is 0 Å². The van der Waals surface area contributed by atoms with Gasteiger partial charge in [0, 0.05) is 12.8 Å². The minimum atomic E-state index is 0.586. The van der Waals surface area contributed by atoms with Crippen molar-refractivity contribution in [2.75, 3.05) is 25.3 Å². The van der Waals surface area contributed by atoms with Gasteiger partial charge in [-0.25, -0.2) is 0 Å². The highest BCUT2D eigenvalue weighted by molar-refractivity contribution is 5.77. The normalized spacial score (nSPS) is 10.2. The summed E-state index contributed by atoms with van der Waals surface area (Å²) in [5.41, 5.74) is 9.53. The third-order valence-electron chi connectivity index (χ3n) is 2.80. The number of nitrogens with one attached hydrogen (secondary N) is 1. The number of hydrogen-bond donors (Lipinski definition) is 2. The zero-order chi connectivity index (χ0) is 13.7. The summed E-state index contributed by atoms with van der Waals surface area (Å²) in [4.78, 5) is 0. The molecule has 0 fully saturated rings. The lowest BCUT2D eigenvalue weighted by Gasteiger charge is -2.13. The van der Waals surface area contributed by atoms with Gasteiger partial charge in [-0.3, -0.25) is 0 Å². The van der Waals surface area contributed by atoms with E-state index in [2.05, 4.69) is 5.32 Å². The fraction of sp³-hybridized carbons (Fsp3) is 0.200. The molecule has 0 saturated heterocycles. The first-order chi connectivity index (χ1) is 9.24. The van der Waals surface area contributed by atoms with Crippen molar-refractivity contribution >= 4 is 17.1 Å². The predicted molar refractivity (Wildman–Crippen MR) is 77.8 cm³/mol. The van der Waals surface area contributed by atoms with Crippen molar-refractivity contribution in [2.45, 2.75) is 6.61 Å². The van der Waals surface area contributed by atoms with Gasteiger partial charge in [-0.05, 0) is 29.8 Å². The van der Waals surface area contributed by atoms with E-state index < -0.39 is 0 Å². The van der Waals surface area contributed by atoms with E-state index in [1.54, 1.807) is 14.2 Å². The predicted octanol–water partition coefficient (Wildman–Crippen LogP) is 3.17. The van der Waals surface area contributed by atoms with Gasteiger partial charge in [-0.2, -0.15) is 0 Å². The molecule has 0 aromatic heterocycles. The minimum absolute atomic E-state index is 0.586. The molecule has 19 heavy (non-hydrogen) atoms. The Bertz CT molecular complexity index is 556. The molecule has 2 aromatic rings. The summed E-state index contributed by atoms with van der Waals surface area (Å²) in [7, 11) is 3.29. The van der Waals surface area contributed by atoms with Crippen LogP contribution in [-0.4, -0.2) is 14.2 Å². The Kier molecular flexibility index (Phi) is 4.26. The Morgan fingerprint density at radius 2 is 1.89 bits per heavy atom. The Hall–Kier alpha value is -2.20. The zero-order valence-corrected chi connectivity index (χ0v) is 11.1. The summed E-state index contributed by atoms with van der Waals surface area (Å²) in [6.45, 7) is 0.586. The number of hydrogen-bond acceptors (Lipinski definition) is 4. The van der Waals surface area contributed by atoms with Crippen molar-refractivity contribution in [3.05, 3.63) is 48.0 Å². The van der Waals surface area contributed by atoms with Crippen molar-refractivity contribution in [1.29, 1.82) is 0 Å². The van der Waals surface area contributed by atoms with E-state index in [0.29, 0.717) is 18.0 Å². The molecule has 0 amide bonds. The van der Waals surface area contributed by atoms with Crippen molar-refractivity contribution < 1.29 is 9.47 Å². The van der Waals surface area contributed by atoms with E-state index >= 15 is 0 Å². The number of ether oxygens (including phenoxy) is 2. The lowest BCUT2D eigenvalue weighted by Crippen LogP contribution is -1.99. The van der Waals surface area contributed by atoms with E-state index in [4.69, 9.17) is 15.2 Å². The Labute approximate surface area is 113 Å². The molecular weight excluding hydrogens is 240 g/mol. The SMILES string of the molecule is COCc1cccc(Nc2cccc(OC)c2N)c1. The Morgan fingerprint density at radius 1 is 1.11 bits per heavy atom. The molecule has 0 aliphatic carbocycles. The van der Waals surface area contributed by atoms with Crippen LogP contribution in [0.5, 0.6) is 5.75 Å². The highest BCUT2D eigenvalue weighted by Gasteiger charge is 2.05. The molecule has 2 rings (SSSR count). The molecule has 0 saturated carbocycles. The van der Waals surface area contributed by atoms with Crippen LogP contribution in [-0.2, 0) is 11.3 Å². The van der Waals surface area contributed by atoms with Gasteiger partial charge >= 0.3 is 0 Å². The average Bonchev–Trinajstić information content (AvgIpc) is 2.42. The van der Waals surface area contributed by atoms with Crippen LogP contribution in [0.2, 0.25) is 0 Å². The molecule has 0 bridgehead atoms. The molecule has 3 N–H and O–H groups in total. The van der Waals surface area contributed by atoms with Crippen LogP contribution < -0.4 is 15.8 Å². The highest BCUT2D eigenvalue weighted by Crippen LogP contribution is 2.31. The second-order valence-corrected chi connectivity index (χ2v) is 4.18. The van der Waals surface area contributed by atoms with E-state index in [9.17, 15) is 0 Å². The molecule has 0 aliphatic rings. The Balaban J connectivity index is 2.23. The van der Waals surface area contributed by atoms with Crippen molar-refractivity contribution in [3.63, 3.8) is 0 Å². The minimum Gasteiger partial charge on any atom is -0.495 e. The van der Waals surface area contributed by atoms with Gasteiger partial charge in [0.1, 0.15) is 5.75 Å². The van der Waals surface area contributed by atoms with E-state index in [1.807, 2.05) is 42.5 Å². The summed E-state index contributed by atoms with van der Waals surface area (Å²) >= 11 is 0. The van der Waals surface area contributed by atoms with Crippen molar-refractivity contribution in [3.8, 4) is 5.75 Å². The molecule has 0 unspecified atom stereocenters. The number of methoxy groups -OCH3 is 2. The molecule has 0 spiro atoms. The van der Waals surface area contributed by atoms with Crippen LogP contribution >= 0.6 is 0 Å². The molecule has 0 radical (unpaired) electrons. The number of nitrogens with two attached hydrogens (primary N) is 1. The fourth-order valence-corrected chi connectivity index (χ4v) is 1.89. The molecule has 0 heterocycles. The molecular formula is C15H18N2O2. The third-order valence-corrected chi connectivity index (χ3v) is 2.80. The van der Waals surface area contributed by atoms with Crippen molar-refractivity contribution in [2.24, 2.45) is 0 Å². The summed E-state index contributed by atoms with van der Waals surface area (Å²) < 4.78 is 10.3. The van der Waals surface area contributed by atoms with Crippen LogP contribution in [0.25, 0.3) is 0 Å². The zero-order valence-electron chi connectivity index (χ0n) is 11.1. The number of nitrogen functional groups attached to an aromatic ring is 1. The lowest BCUT2D eigenvalue weighted by atomic mass is 10.2. The van der Waals surface area contributed by atoms with Gasteiger partial charge in [-0.15, -0.1) is 0 Å². The summed E-state index contributed by atoms with van der Waals surface area (Å²) in [6, 6.07) is 13.7. The van der Waals surface area contributed by atoms with Gasteiger partial charge in [-0.1, -0.05) is 18.2 Å². The van der Waals surface area contributed by atoms with Crippen LogP contribution in [0.3, 0.4) is 0 Å². The number of benzene rings is 2. The number of rotatable bonds is 5. The summed E-state index contributed by atoms with van der Waals surface area (Å²) in [5, 5.41) is 3.29. The van der Waals surface area contributed by atoms with Crippen LogP contribution in [0, 0.1) is 0 Å². The molecule has 4 nitrogen and oxygen atoms in total. The fourth-order valence-electron chi connectivity index (χ4n) is 1.89. The number of para-hydroxylation sites is 1. The van der Waals surface area contributed by atoms with Gasteiger partial charge in [0.25, 0.3) is 0 Å². The molecule has 100 valence electrons.